The van der Waals surface area contributed by atoms with Gasteiger partial charge in [-0.1, -0.05) is 6.07 Å². The molecular formula is C13H19N3. The molecular weight excluding hydrogens is 198 g/mol. The van der Waals surface area contributed by atoms with Crippen molar-refractivity contribution in [3.8, 4) is 0 Å². The molecule has 1 fully saturated rings. The third-order valence-electron chi connectivity index (χ3n) is 3.16. The van der Waals surface area contributed by atoms with Crippen molar-refractivity contribution < 1.29 is 0 Å². The summed E-state index contributed by atoms with van der Waals surface area (Å²) < 4.78 is 0. The molecule has 2 N–H and O–H groups in total. The van der Waals surface area contributed by atoms with E-state index in [1.54, 1.807) is 0 Å². The molecule has 3 heteroatoms. The van der Waals surface area contributed by atoms with Gasteiger partial charge in [-0.3, -0.25) is 0 Å². The first-order chi connectivity index (χ1) is 7.66. The van der Waals surface area contributed by atoms with E-state index in [2.05, 4.69) is 35.9 Å². The average molecular weight is 217 g/mol. The third-order valence-corrected chi connectivity index (χ3v) is 3.16. The number of guanidine groups is 1. The van der Waals surface area contributed by atoms with Crippen LogP contribution in [-0.4, -0.2) is 23.9 Å². The van der Waals surface area contributed by atoms with Gasteiger partial charge in [0.1, 0.15) is 0 Å². The zero-order chi connectivity index (χ0) is 11.5. The summed E-state index contributed by atoms with van der Waals surface area (Å²) in [6.07, 6.45) is 2.45. The van der Waals surface area contributed by atoms with Gasteiger partial charge in [0.2, 0.25) is 0 Å². The van der Waals surface area contributed by atoms with Crippen molar-refractivity contribution in [1.29, 1.82) is 0 Å². The van der Waals surface area contributed by atoms with Crippen LogP contribution in [0.15, 0.2) is 23.2 Å². The number of aryl methyl sites for hydroxylation is 2. The van der Waals surface area contributed by atoms with Gasteiger partial charge >= 0.3 is 0 Å². The van der Waals surface area contributed by atoms with E-state index in [0.717, 1.165) is 18.8 Å². The number of hydrogen-bond donors (Lipinski definition) is 1. The summed E-state index contributed by atoms with van der Waals surface area (Å²) in [4.78, 5) is 6.61. The Balaban J connectivity index is 2.17. The second-order valence-corrected chi connectivity index (χ2v) is 4.43. The molecule has 1 aliphatic rings. The highest BCUT2D eigenvalue weighted by Crippen LogP contribution is 2.18. The van der Waals surface area contributed by atoms with Crippen molar-refractivity contribution in [2.24, 2.45) is 10.7 Å². The maximum Gasteiger partial charge on any atom is 0.196 e. The fraction of sp³-hybridized carbons (Fsp3) is 0.462. The van der Waals surface area contributed by atoms with Gasteiger partial charge in [0.05, 0.1) is 5.69 Å². The minimum absolute atomic E-state index is 0.653. The Morgan fingerprint density at radius 1 is 1.19 bits per heavy atom. The Morgan fingerprint density at radius 3 is 2.50 bits per heavy atom. The highest BCUT2D eigenvalue weighted by molar-refractivity contribution is 5.81. The van der Waals surface area contributed by atoms with Crippen LogP contribution in [-0.2, 0) is 0 Å². The molecule has 0 saturated carbocycles. The molecule has 3 nitrogen and oxygen atoms in total. The predicted molar refractivity (Wildman–Crippen MR) is 68.0 cm³/mol. The molecule has 86 valence electrons. The Bertz CT molecular complexity index is 404. The number of rotatable bonds is 1. The lowest BCUT2D eigenvalue weighted by molar-refractivity contribution is 0.513. The van der Waals surface area contributed by atoms with Crippen molar-refractivity contribution in [2.45, 2.75) is 26.7 Å². The second kappa shape index (κ2) is 4.56. The fourth-order valence-corrected chi connectivity index (χ4v) is 1.94. The van der Waals surface area contributed by atoms with E-state index in [9.17, 15) is 0 Å². The molecule has 0 aromatic heterocycles. The van der Waals surface area contributed by atoms with Crippen molar-refractivity contribution >= 4 is 11.6 Å². The van der Waals surface area contributed by atoms with Gasteiger partial charge in [0.25, 0.3) is 0 Å². The van der Waals surface area contributed by atoms with E-state index in [1.807, 2.05) is 6.07 Å². The van der Waals surface area contributed by atoms with Crippen LogP contribution in [0.1, 0.15) is 24.0 Å². The SMILES string of the molecule is Cc1ccc(N=C(N)N2CCCC2)cc1C. The van der Waals surface area contributed by atoms with Crippen LogP contribution in [0, 0.1) is 13.8 Å². The number of aliphatic imine (C=N–C) groups is 1. The highest BCUT2D eigenvalue weighted by atomic mass is 15.3. The Hall–Kier alpha value is -1.51. The Labute approximate surface area is 97.0 Å². The summed E-state index contributed by atoms with van der Waals surface area (Å²) in [6, 6.07) is 6.19. The molecule has 1 aromatic carbocycles. The molecule has 2 rings (SSSR count). The quantitative estimate of drug-likeness (QED) is 0.579. The first-order valence-electron chi connectivity index (χ1n) is 5.83. The summed E-state index contributed by atoms with van der Waals surface area (Å²) in [5, 5.41) is 0. The highest BCUT2D eigenvalue weighted by Gasteiger charge is 2.13. The number of benzene rings is 1. The molecule has 16 heavy (non-hydrogen) atoms. The van der Waals surface area contributed by atoms with Crippen LogP contribution in [0.5, 0.6) is 0 Å². The van der Waals surface area contributed by atoms with E-state index >= 15 is 0 Å². The Kier molecular flexibility index (Phi) is 3.13. The van der Waals surface area contributed by atoms with Crippen molar-refractivity contribution in [3.05, 3.63) is 29.3 Å². The number of nitrogens with two attached hydrogens (primary N) is 1. The molecule has 0 unspecified atom stereocenters. The van der Waals surface area contributed by atoms with Gasteiger partial charge in [-0.2, -0.15) is 0 Å². The van der Waals surface area contributed by atoms with Crippen molar-refractivity contribution in [2.75, 3.05) is 13.1 Å². The molecule has 0 bridgehead atoms. The van der Waals surface area contributed by atoms with Crippen LogP contribution in [0.3, 0.4) is 0 Å². The number of nitrogens with zero attached hydrogens (tertiary/aromatic N) is 2. The second-order valence-electron chi connectivity index (χ2n) is 4.43. The zero-order valence-corrected chi connectivity index (χ0v) is 10.0. The predicted octanol–water partition coefficient (Wildman–Crippen LogP) is 2.35. The maximum atomic E-state index is 5.98. The largest absolute Gasteiger partial charge is 0.369 e. The third kappa shape index (κ3) is 2.35. The van der Waals surface area contributed by atoms with Gasteiger partial charge in [-0.25, -0.2) is 4.99 Å². The molecule has 0 aliphatic carbocycles. The summed E-state index contributed by atoms with van der Waals surface area (Å²) in [6.45, 7) is 6.29. The molecule has 0 amide bonds. The molecule has 1 heterocycles. The monoisotopic (exact) mass is 217 g/mol. The van der Waals surface area contributed by atoms with Gasteiger partial charge in [0.15, 0.2) is 5.96 Å². The summed E-state index contributed by atoms with van der Waals surface area (Å²) >= 11 is 0. The lowest BCUT2D eigenvalue weighted by Crippen LogP contribution is -2.34. The van der Waals surface area contributed by atoms with Crippen LogP contribution in [0.2, 0.25) is 0 Å². The van der Waals surface area contributed by atoms with Crippen molar-refractivity contribution in [1.82, 2.24) is 4.90 Å². The molecule has 0 radical (unpaired) electrons. The molecule has 1 saturated heterocycles. The van der Waals surface area contributed by atoms with Crippen LogP contribution in [0.25, 0.3) is 0 Å². The molecule has 0 spiro atoms. The van der Waals surface area contributed by atoms with Gasteiger partial charge in [-0.15, -0.1) is 0 Å². The van der Waals surface area contributed by atoms with Gasteiger partial charge in [-0.05, 0) is 49.9 Å². The lowest BCUT2D eigenvalue weighted by Gasteiger charge is -2.15. The molecule has 1 aromatic rings. The normalized spacial score (nSPS) is 16.9. The van der Waals surface area contributed by atoms with E-state index in [1.165, 1.54) is 24.0 Å². The van der Waals surface area contributed by atoms with Crippen molar-refractivity contribution in [3.63, 3.8) is 0 Å². The van der Waals surface area contributed by atoms with Crippen LogP contribution >= 0.6 is 0 Å². The average Bonchev–Trinajstić information content (AvgIpc) is 2.77. The fourth-order valence-electron chi connectivity index (χ4n) is 1.94. The van der Waals surface area contributed by atoms with Crippen LogP contribution < -0.4 is 5.73 Å². The minimum atomic E-state index is 0.653. The smallest absolute Gasteiger partial charge is 0.196 e. The number of likely N-dealkylation sites (tertiary alicyclic amines) is 1. The lowest BCUT2D eigenvalue weighted by atomic mass is 10.1. The van der Waals surface area contributed by atoms with E-state index in [0.29, 0.717) is 5.96 Å². The Morgan fingerprint density at radius 2 is 1.88 bits per heavy atom. The maximum absolute atomic E-state index is 5.98. The van der Waals surface area contributed by atoms with E-state index < -0.39 is 0 Å². The van der Waals surface area contributed by atoms with E-state index in [-0.39, 0.29) is 0 Å². The molecule has 0 atom stereocenters. The summed E-state index contributed by atoms with van der Waals surface area (Å²) in [5.74, 6) is 0.653. The minimum Gasteiger partial charge on any atom is -0.369 e. The van der Waals surface area contributed by atoms with E-state index in [4.69, 9.17) is 5.73 Å². The summed E-state index contributed by atoms with van der Waals surface area (Å²) in [7, 11) is 0. The topological polar surface area (TPSA) is 41.6 Å². The van der Waals surface area contributed by atoms with Gasteiger partial charge < -0.3 is 10.6 Å². The number of hydrogen-bond acceptors (Lipinski definition) is 1. The molecule has 1 aliphatic heterocycles. The standard InChI is InChI=1S/C13H19N3/c1-10-5-6-12(9-11(10)2)15-13(14)16-7-3-4-8-16/h5-6,9H,3-4,7-8H2,1-2H3,(H2,14,15). The first kappa shape index (κ1) is 11.0. The zero-order valence-electron chi connectivity index (χ0n) is 10.0. The summed E-state index contributed by atoms with van der Waals surface area (Å²) in [5.41, 5.74) is 9.48. The van der Waals surface area contributed by atoms with Crippen LogP contribution in [0.4, 0.5) is 5.69 Å². The first-order valence-corrected chi connectivity index (χ1v) is 5.83. The van der Waals surface area contributed by atoms with Gasteiger partial charge in [0, 0.05) is 13.1 Å².